The van der Waals surface area contributed by atoms with Gasteiger partial charge in [-0.05, 0) is 121 Å². The van der Waals surface area contributed by atoms with Gasteiger partial charge in [0.05, 0.1) is 15.6 Å². The van der Waals surface area contributed by atoms with Crippen LogP contribution >= 0.6 is 0 Å². The number of aromatic nitrogens is 2. The first-order valence-electron chi connectivity index (χ1n) is 16.1. The van der Waals surface area contributed by atoms with Crippen LogP contribution in [0.2, 0.25) is 0 Å². The first-order valence-corrected chi connectivity index (χ1v) is 17.7. The van der Waals surface area contributed by atoms with Crippen LogP contribution in [0.3, 0.4) is 0 Å². The van der Waals surface area contributed by atoms with Gasteiger partial charge in [0.15, 0.2) is 9.84 Å². The van der Waals surface area contributed by atoms with Crippen molar-refractivity contribution in [3.63, 3.8) is 0 Å². The summed E-state index contributed by atoms with van der Waals surface area (Å²) in [6.45, 7) is 8.55. The normalized spacial score (nSPS) is 24.2. The molecule has 3 aliphatic carbocycles. The summed E-state index contributed by atoms with van der Waals surface area (Å²) in [7, 11) is -3.38. The second kappa shape index (κ2) is 10.3. The van der Waals surface area contributed by atoms with Crippen LogP contribution in [-0.2, 0) is 21.1 Å². The molecular formula is C33H45N5O3S. The first kappa shape index (κ1) is 28.3. The second-order valence-electron chi connectivity index (χ2n) is 14.3. The minimum absolute atomic E-state index is 0.204. The van der Waals surface area contributed by atoms with Gasteiger partial charge < -0.3 is 10.2 Å². The summed E-state index contributed by atoms with van der Waals surface area (Å²) in [6, 6.07) is 6.12. The Morgan fingerprint density at radius 3 is 2.36 bits per heavy atom. The number of carbonyl (C=O) groups excluding carboxylic acids is 1. The number of amides is 1. The van der Waals surface area contributed by atoms with Crippen molar-refractivity contribution in [1.82, 2.24) is 14.9 Å². The Labute approximate surface area is 250 Å². The maximum Gasteiger partial charge on any atom is 0.234 e. The minimum Gasteiger partial charge on any atom is -0.324 e. The highest BCUT2D eigenvalue weighted by atomic mass is 32.2. The van der Waals surface area contributed by atoms with E-state index in [0.29, 0.717) is 16.9 Å². The van der Waals surface area contributed by atoms with Gasteiger partial charge in [0.2, 0.25) is 11.9 Å². The van der Waals surface area contributed by atoms with Gasteiger partial charge in [-0.1, -0.05) is 19.3 Å². The zero-order valence-corrected chi connectivity index (χ0v) is 26.2. The van der Waals surface area contributed by atoms with Gasteiger partial charge >= 0.3 is 0 Å². The van der Waals surface area contributed by atoms with Crippen LogP contribution in [0, 0.1) is 17.8 Å². The van der Waals surface area contributed by atoms with Crippen molar-refractivity contribution in [3.05, 3.63) is 35.5 Å². The zero-order chi connectivity index (χ0) is 29.3. The van der Waals surface area contributed by atoms with E-state index in [1.54, 1.807) is 12.1 Å². The third-order valence-corrected chi connectivity index (χ3v) is 13.5. The summed E-state index contributed by atoms with van der Waals surface area (Å²) in [5.74, 6) is 1.46. The number of hydrogen-bond acceptors (Lipinski definition) is 7. The van der Waals surface area contributed by atoms with Gasteiger partial charge in [-0.15, -0.1) is 0 Å². The first-order chi connectivity index (χ1) is 20.1. The lowest BCUT2D eigenvalue weighted by atomic mass is 9.63. The summed E-state index contributed by atoms with van der Waals surface area (Å²) in [4.78, 5) is 28.2. The molecule has 7 rings (SSSR count). The number of nitrogens with one attached hydrogen (secondary N) is 1. The number of sulfone groups is 1. The number of benzene rings is 1. The van der Waals surface area contributed by atoms with Crippen LogP contribution in [0.4, 0.5) is 17.5 Å². The molecule has 1 aromatic heterocycles. The quantitative estimate of drug-likeness (QED) is 0.443. The molecule has 1 aromatic carbocycles. The molecule has 42 heavy (non-hydrogen) atoms. The Hall–Kier alpha value is -2.52. The Kier molecular flexibility index (Phi) is 6.92. The standard InChI is InChI=1S/C33H45N5O3S/c1-22(2)37-15-13-32(14-16-37)19-27(20-32)42(40,41)26-9-10-28(23(3)17-26)35-31-34-21-24-18-33(11-6-12-33)30(39)38(29(24)36-31)25-7-4-5-8-25/h9-10,17,21-22,25,27H,4-8,11-16,18-20H2,1-3H3,(H,34,35,36). The van der Waals surface area contributed by atoms with E-state index in [2.05, 4.69) is 29.0 Å². The van der Waals surface area contributed by atoms with Crippen molar-refractivity contribution >= 4 is 33.2 Å². The molecule has 0 unspecified atom stereocenters. The molecule has 0 atom stereocenters. The zero-order valence-electron chi connectivity index (χ0n) is 25.4. The number of anilines is 3. The predicted molar refractivity (Wildman–Crippen MR) is 165 cm³/mol. The van der Waals surface area contributed by atoms with Crippen LogP contribution in [0.25, 0.3) is 0 Å². The van der Waals surface area contributed by atoms with E-state index < -0.39 is 9.84 Å². The summed E-state index contributed by atoms with van der Waals surface area (Å²) in [5, 5.41) is 3.04. The largest absolute Gasteiger partial charge is 0.324 e. The molecule has 1 saturated heterocycles. The molecule has 2 aliphatic heterocycles. The van der Waals surface area contributed by atoms with Crippen LogP contribution < -0.4 is 10.2 Å². The molecule has 1 N–H and O–H groups in total. The van der Waals surface area contributed by atoms with E-state index >= 15 is 0 Å². The summed E-state index contributed by atoms with van der Waals surface area (Å²) < 4.78 is 27.2. The monoisotopic (exact) mass is 591 g/mol. The van der Waals surface area contributed by atoms with E-state index in [1.807, 2.05) is 24.1 Å². The number of nitrogens with zero attached hydrogens (tertiary/aromatic N) is 4. The van der Waals surface area contributed by atoms with Gasteiger partial charge in [-0.3, -0.25) is 9.69 Å². The van der Waals surface area contributed by atoms with Crippen LogP contribution in [0.5, 0.6) is 0 Å². The molecule has 0 bridgehead atoms. The van der Waals surface area contributed by atoms with Gasteiger partial charge in [-0.2, -0.15) is 4.98 Å². The molecule has 2 aromatic rings. The Bertz CT molecular complexity index is 1480. The van der Waals surface area contributed by atoms with Gasteiger partial charge in [-0.25, -0.2) is 13.4 Å². The number of aryl methyl sites for hydroxylation is 1. The molecule has 5 aliphatic rings. The van der Waals surface area contributed by atoms with Crippen molar-refractivity contribution in [2.75, 3.05) is 23.3 Å². The average molecular weight is 592 g/mol. The number of piperidine rings is 1. The molecule has 3 saturated carbocycles. The lowest BCUT2D eigenvalue weighted by molar-refractivity contribution is -0.134. The van der Waals surface area contributed by atoms with E-state index in [9.17, 15) is 13.2 Å². The summed E-state index contributed by atoms with van der Waals surface area (Å²) in [5.41, 5.74) is 2.64. The highest BCUT2D eigenvalue weighted by molar-refractivity contribution is 7.92. The number of fused-ring (bicyclic) bond motifs is 1. The molecule has 226 valence electrons. The van der Waals surface area contributed by atoms with Gasteiger partial charge in [0.25, 0.3) is 0 Å². The lowest BCUT2D eigenvalue weighted by Crippen LogP contribution is -2.56. The number of rotatable bonds is 6. The molecule has 1 amide bonds. The topological polar surface area (TPSA) is 95.5 Å². The van der Waals surface area contributed by atoms with Gasteiger partial charge in [0.1, 0.15) is 5.82 Å². The number of hydrogen-bond donors (Lipinski definition) is 1. The van der Waals surface area contributed by atoms with Crippen LogP contribution in [-0.4, -0.2) is 59.6 Å². The minimum atomic E-state index is -3.38. The lowest BCUT2D eigenvalue weighted by Gasteiger charge is -2.52. The highest BCUT2D eigenvalue weighted by Gasteiger charge is 2.53. The maximum atomic E-state index is 13.7. The van der Waals surface area contributed by atoms with Crippen molar-refractivity contribution in [1.29, 1.82) is 0 Å². The molecule has 0 radical (unpaired) electrons. The smallest absolute Gasteiger partial charge is 0.234 e. The highest BCUT2D eigenvalue weighted by Crippen LogP contribution is 2.53. The van der Waals surface area contributed by atoms with Gasteiger partial charge in [0, 0.05) is 29.5 Å². The van der Waals surface area contributed by atoms with Crippen molar-refractivity contribution in [2.45, 2.75) is 120 Å². The fourth-order valence-electron chi connectivity index (χ4n) is 8.39. The van der Waals surface area contributed by atoms with E-state index in [0.717, 1.165) is 113 Å². The fraction of sp³-hybridized carbons (Fsp3) is 0.667. The van der Waals surface area contributed by atoms with Crippen LogP contribution in [0.15, 0.2) is 29.3 Å². The molecular weight excluding hydrogens is 546 g/mol. The third kappa shape index (κ3) is 4.66. The molecule has 4 fully saturated rings. The SMILES string of the molecule is Cc1cc(S(=O)(=O)C2CC3(CCN(C(C)C)CC3)C2)ccc1Nc1ncc2c(n1)N(C1CCCC1)C(=O)C1(CCC1)C2. The summed E-state index contributed by atoms with van der Waals surface area (Å²) >= 11 is 0. The van der Waals surface area contributed by atoms with Crippen molar-refractivity contribution in [2.24, 2.45) is 10.8 Å². The van der Waals surface area contributed by atoms with E-state index in [4.69, 9.17) is 4.98 Å². The average Bonchev–Trinajstić information content (AvgIpc) is 3.46. The predicted octanol–water partition coefficient (Wildman–Crippen LogP) is 5.96. The molecule has 2 spiro atoms. The molecule has 9 heteroatoms. The Morgan fingerprint density at radius 2 is 1.74 bits per heavy atom. The second-order valence-corrected chi connectivity index (χ2v) is 16.5. The number of carbonyl (C=O) groups is 1. The Morgan fingerprint density at radius 1 is 1.02 bits per heavy atom. The maximum absolute atomic E-state index is 13.7. The van der Waals surface area contributed by atoms with E-state index in [-0.39, 0.29) is 28.0 Å². The van der Waals surface area contributed by atoms with E-state index in [1.165, 1.54) is 0 Å². The summed E-state index contributed by atoms with van der Waals surface area (Å²) in [6.07, 6.45) is 13.8. The molecule has 3 heterocycles. The third-order valence-electron chi connectivity index (χ3n) is 11.4. The fourth-order valence-corrected chi connectivity index (χ4v) is 10.5. The van der Waals surface area contributed by atoms with Crippen LogP contribution in [0.1, 0.15) is 95.6 Å². The number of likely N-dealkylation sites (tertiary alicyclic amines) is 1. The Balaban J connectivity index is 1.07. The molecule has 8 nitrogen and oxygen atoms in total. The van der Waals surface area contributed by atoms with Crippen molar-refractivity contribution in [3.8, 4) is 0 Å². The van der Waals surface area contributed by atoms with Crippen molar-refractivity contribution < 1.29 is 13.2 Å².